The number of rotatable bonds is 8. The predicted octanol–water partition coefficient (Wildman–Crippen LogP) is 3.28. The minimum Gasteiger partial charge on any atom is -0.385 e. The molecule has 0 bridgehead atoms. The van der Waals surface area contributed by atoms with Gasteiger partial charge in [0, 0.05) is 49.9 Å². The van der Waals surface area contributed by atoms with Crippen LogP contribution in [0.15, 0.2) is 41.5 Å². The molecule has 0 aliphatic carbocycles. The number of anilines is 1. The van der Waals surface area contributed by atoms with Crippen molar-refractivity contribution in [2.24, 2.45) is 4.99 Å². The van der Waals surface area contributed by atoms with Crippen LogP contribution in [0, 0.1) is 6.92 Å². The van der Waals surface area contributed by atoms with Crippen molar-refractivity contribution in [3.8, 4) is 0 Å². The van der Waals surface area contributed by atoms with Gasteiger partial charge in [0.1, 0.15) is 0 Å². The van der Waals surface area contributed by atoms with Crippen LogP contribution in [0.4, 0.5) is 5.69 Å². The Balaban J connectivity index is 0.00000288. The smallest absolute Gasteiger partial charge is 0.190 e. The summed E-state index contributed by atoms with van der Waals surface area (Å²) in [5, 5.41) is 11.2. The topological polar surface area (TPSA) is 61.3 Å². The highest BCUT2D eigenvalue weighted by Crippen LogP contribution is 2.10. The number of para-hydroxylation sites is 1. The van der Waals surface area contributed by atoms with Crippen LogP contribution >= 0.6 is 35.3 Å². The van der Waals surface area contributed by atoms with Crippen molar-refractivity contribution in [2.45, 2.75) is 19.8 Å². The number of nitrogens with one attached hydrogen (secondary N) is 3. The van der Waals surface area contributed by atoms with Crippen molar-refractivity contribution in [3.63, 3.8) is 0 Å². The second-order valence-electron chi connectivity index (χ2n) is 5.19. The highest BCUT2D eigenvalue weighted by atomic mass is 127. The summed E-state index contributed by atoms with van der Waals surface area (Å²) in [6.45, 7) is 4.75. The number of guanidine groups is 1. The van der Waals surface area contributed by atoms with Crippen LogP contribution in [0.5, 0.6) is 0 Å². The molecule has 5 nitrogen and oxygen atoms in total. The molecule has 0 saturated carbocycles. The van der Waals surface area contributed by atoms with E-state index >= 15 is 0 Å². The molecule has 0 spiro atoms. The van der Waals surface area contributed by atoms with Gasteiger partial charge >= 0.3 is 0 Å². The van der Waals surface area contributed by atoms with Gasteiger partial charge < -0.3 is 16.0 Å². The first-order valence-electron chi connectivity index (χ1n) is 7.92. The van der Waals surface area contributed by atoms with Crippen molar-refractivity contribution in [1.82, 2.24) is 15.6 Å². The van der Waals surface area contributed by atoms with Crippen molar-refractivity contribution in [3.05, 3.63) is 46.4 Å². The normalized spacial score (nSPS) is 10.8. The van der Waals surface area contributed by atoms with E-state index in [1.165, 1.54) is 4.88 Å². The first kappa shape index (κ1) is 20.7. The lowest BCUT2D eigenvalue weighted by atomic mass is 10.3. The van der Waals surface area contributed by atoms with Crippen molar-refractivity contribution < 1.29 is 0 Å². The average Bonchev–Trinajstić information content (AvgIpc) is 2.99. The van der Waals surface area contributed by atoms with Gasteiger partial charge in [-0.3, -0.25) is 4.99 Å². The molecular weight excluding hydrogens is 433 g/mol. The summed E-state index contributed by atoms with van der Waals surface area (Å²) in [6, 6.07) is 10.3. The summed E-state index contributed by atoms with van der Waals surface area (Å²) in [6.07, 6.45) is 3.88. The van der Waals surface area contributed by atoms with E-state index in [-0.39, 0.29) is 24.0 Å². The number of benzene rings is 1. The zero-order valence-corrected chi connectivity index (χ0v) is 17.4. The molecule has 2 aromatic rings. The van der Waals surface area contributed by atoms with E-state index < -0.39 is 0 Å². The van der Waals surface area contributed by atoms with Gasteiger partial charge in [-0.2, -0.15) is 0 Å². The van der Waals surface area contributed by atoms with Gasteiger partial charge in [-0.25, -0.2) is 4.98 Å². The van der Waals surface area contributed by atoms with Crippen molar-refractivity contribution >= 4 is 47.0 Å². The van der Waals surface area contributed by atoms with E-state index in [1.54, 1.807) is 18.4 Å². The van der Waals surface area contributed by atoms with E-state index in [0.717, 1.165) is 49.1 Å². The summed E-state index contributed by atoms with van der Waals surface area (Å²) >= 11 is 1.75. The van der Waals surface area contributed by atoms with E-state index in [0.29, 0.717) is 0 Å². The molecule has 1 heterocycles. The summed E-state index contributed by atoms with van der Waals surface area (Å²) in [4.78, 5) is 9.86. The van der Waals surface area contributed by atoms with Gasteiger partial charge in [0.05, 0.1) is 5.01 Å². The lowest BCUT2D eigenvalue weighted by Crippen LogP contribution is -2.39. The van der Waals surface area contributed by atoms with E-state index in [1.807, 2.05) is 24.4 Å². The Morgan fingerprint density at radius 2 is 1.88 bits per heavy atom. The maximum atomic E-state index is 4.36. The quantitative estimate of drug-likeness (QED) is 0.246. The molecule has 0 aliphatic rings. The molecule has 24 heavy (non-hydrogen) atoms. The Morgan fingerprint density at radius 3 is 2.54 bits per heavy atom. The molecule has 0 radical (unpaired) electrons. The fourth-order valence-corrected chi connectivity index (χ4v) is 2.90. The minimum absolute atomic E-state index is 0. The van der Waals surface area contributed by atoms with Crippen LogP contribution in [0.25, 0.3) is 0 Å². The predicted molar refractivity (Wildman–Crippen MR) is 115 cm³/mol. The molecule has 0 atom stereocenters. The molecule has 1 aromatic heterocycles. The summed E-state index contributed by atoms with van der Waals surface area (Å²) in [5.74, 6) is 0.845. The summed E-state index contributed by atoms with van der Waals surface area (Å²) < 4.78 is 0. The van der Waals surface area contributed by atoms with Crippen LogP contribution < -0.4 is 16.0 Å². The Bertz CT molecular complexity index is 600. The first-order chi connectivity index (χ1) is 11.3. The molecular formula is C17H26IN5S. The molecule has 3 N–H and O–H groups in total. The van der Waals surface area contributed by atoms with Crippen molar-refractivity contribution in [1.29, 1.82) is 0 Å². The van der Waals surface area contributed by atoms with Gasteiger partial charge in [-0.1, -0.05) is 18.2 Å². The molecule has 0 saturated heterocycles. The summed E-state index contributed by atoms with van der Waals surface area (Å²) in [5.41, 5.74) is 1.16. The Hall–Kier alpha value is -1.35. The standard InChI is InChI=1S/C17H25N5S.HI/c1-14-13-22-16(23-14)9-12-21-17(18-2)20-11-6-10-19-15-7-4-3-5-8-15;/h3-5,7-8,13,19H,6,9-12H2,1-2H3,(H2,18,20,21);1H. The number of aromatic nitrogens is 1. The fraction of sp³-hybridized carbons (Fsp3) is 0.412. The number of nitrogens with zero attached hydrogens (tertiary/aromatic N) is 2. The summed E-state index contributed by atoms with van der Waals surface area (Å²) in [7, 11) is 1.80. The molecule has 0 amide bonds. The van der Waals surface area contributed by atoms with E-state index in [2.05, 4.69) is 45.0 Å². The van der Waals surface area contributed by atoms with E-state index in [4.69, 9.17) is 0 Å². The second kappa shape index (κ2) is 12.1. The molecule has 0 fully saturated rings. The van der Waals surface area contributed by atoms with Crippen LogP contribution in [-0.4, -0.2) is 37.6 Å². The average molecular weight is 459 g/mol. The zero-order valence-electron chi connectivity index (χ0n) is 14.2. The number of halogens is 1. The number of aliphatic imine (C=N–C) groups is 1. The molecule has 132 valence electrons. The first-order valence-corrected chi connectivity index (χ1v) is 8.74. The molecule has 0 unspecified atom stereocenters. The number of hydrogen-bond acceptors (Lipinski definition) is 4. The van der Waals surface area contributed by atoms with Crippen LogP contribution in [0.1, 0.15) is 16.3 Å². The second-order valence-corrected chi connectivity index (χ2v) is 6.51. The number of thiazole rings is 1. The van der Waals surface area contributed by atoms with Gasteiger partial charge in [-0.05, 0) is 25.5 Å². The third kappa shape index (κ3) is 7.96. The monoisotopic (exact) mass is 459 g/mol. The molecule has 2 rings (SSSR count). The zero-order chi connectivity index (χ0) is 16.3. The Kier molecular flexibility index (Phi) is 10.4. The SMILES string of the molecule is CN=C(NCCCNc1ccccc1)NCCc1ncc(C)s1.I. The Labute approximate surface area is 165 Å². The van der Waals surface area contributed by atoms with Crippen LogP contribution in [0.3, 0.4) is 0 Å². The van der Waals surface area contributed by atoms with Crippen molar-refractivity contribution in [2.75, 3.05) is 32.0 Å². The fourth-order valence-electron chi connectivity index (χ4n) is 2.11. The highest BCUT2D eigenvalue weighted by Gasteiger charge is 2.00. The third-order valence-corrected chi connectivity index (χ3v) is 4.25. The molecule has 7 heteroatoms. The van der Waals surface area contributed by atoms with Gasteiger partial charge in [-0.15, -0.1) is 35.3 Å². The Morgan fingerprint density at radius 1 is 1.12 bits per heavy atom. The minimum atomic E-state index is 0. The largest absolute Gasteiger partial charge is 0.385 e. The lowest BCUT2D eigenvalue weighted by molar-refractivity contribution is 0.756. The maximum absolute atomic E-state index is 4.36. The van der Waals surface area contributed by atoms with Gasteiger partial charge in [0.2, 0.25) is 0 Å². The van der Waals surface area contributed by atoms with Gasteiger partial charge in [0.25, 0.3) is 0 Å². The third-order valence-electron chi connectivity index (χ3n) is 3.27. The molecule has 1 aromatic carbocycles. The van der Waals surface area contributed by atoms with Crippen LogP contribution in [-0.2, 0) is 6.42 Å². The van der Waals surface area contributed by atoms with Gasteiger partial charge in [0.15, 0.2) is 5.96 Å². The maximum Gasteiger partial charge on any atom is 0.190 e. The number of aryl methyl sites for hydroxylation is 1. The number of hydrogen-bond donors (Lipinski definition) is 3. The molecule has 0 aliphatic heterocycles. The van der Waals surface area contributed by atoms with Crippen LogP contribution in [0.2, 0.25) is 0 Å². The highest BCUT2D eigenvalue weighted by molar-refractivity contribution is 14.0. The van der Waals surface area contributed by atoms with E-state index in [9.17, 15) is 0 Å². The lowest BCUT2D eigenvalue weighted by Gasteiger charge is -2.12.